The number of aryl methyl sites for hydroxylation is 2. The van der Waals surface area contributed by atoms with Gasteiger partial charge >= 0.3 is 0 Å². The molecular formula is C18H19N7. The largest absolute Gasteiger partial charge is 0.363 e. The molecule has 0 saturated carbocycles. The SMILES string of the molecule is Cc1nn(C)c(C)c1-c1nccc(NCc2nc3ccccc3[nH]2)n1. The van der Waals surface area contributed by atoms with Crippen LogP contribution < -0.4 is 5.32 Å². The molecule has 0 aliphatic carbocycles. The molecule has 2 N–H and O–H groups in total. The number of hydrogen-bond acceptors (Lipinski definition) is 5. The van der Waals surface area contributed by atoms with Gasteiger partial charge in [0.05, 0.1) is 28.8 Å². The number of fused-ring (bicyclic) bond motifs is 1. The molecule has 0 aliphatic heterocycles. The number of benzene rings is 1. The zero-order chi connectivity index (χ0) is 17.4. The zero-order valence-electron chi connectivity index (χ0n) is 14.4. The lowest BCUT2D eigenvalue weighted by molar-refractivity contribution is 0.731. The standard InChI is InChI=1S/C18H19N7/c1-11-17(12(2)25(3)24-11)18-19-9-8-15(23-18)20-10-16-21-13-6-4-5-7-14(13)22-16/h4-9H,10H2,1-3H3,(H,21,22)(H,19,20,23). The van der Waals surface area contributed by atoms with E-state index in [1.807, 2.05) is 55.9 Å². The second-order valence-corrected chi connectivity index (χ2v) is 5.99. The molecule has 25 heavy (non-hydrogen) atoms. The quantitative estimate of drug-likeness (QED) is 0.600. The number of imidazole rings is 1. The van der Waals surface area contributed by atoms with Crippen molar-refractivity contribution in [3.05, 3.63) is 53.7 Å². The molecule has 0 radical (unpaired) electrons. The van der Waals surface area contributed by atoms with Crippen LogP contribution in [0, 0.1) is 13.8 Å². The van der Waals surface area contributed by atoms with Gasteiger partial charge in [0.2, 0.25) is 0 Å². The van der Waals surface area contributed by atoms with Crippen molar-refractivity contribution < 1.29 is 0 Å². The van der Waals surface area contributed by atoms with Crippen molar-refractivity contribution in [2.45, 2.75) is 20.4 Å². The molecule has 0 saturated heterocycles. The molecule has 0 amide bonds. The monoisotopic (exact) mass is 333 g/mol. The van der Waals surface area contributed by atoms with E-state index in [0.29, 0.717) is 12.4 Å². The number of nitrogens with zero attached hydrogens (tertiary/aromatic N) is 5. The first-order valence-corrected chi connectivity index (χ1v) is 8.13. The molecule has 0 aliphatic rings. The van der Waals surface area contributed by atoms with Crippen LogP contribution in [-0.4, -0.2) is 29.7 Å². The van der Waals surface area contributed by atoms with E-state index < -0.39 is 0 Å². The summed E-state index contributed by atoms with van der Waals surface area (Å²) in [5.41, 5.74) is 4.95. The fourth-order valence-electron chi connectivity index (χ4n) is 2.94. The van der Waals surface area contributed by atoms with E-state index in [9.17, 15) is 0 Å². The lowest BCUT2D eigenvalue weighted by atomic mass is 10.2. The van der Waals surface area contributed by atoms with E-state index in [4.69, 9.17) is 0 Å². The minimum atomic E-state index is 0.566. The molecule has 3 aromatic heterocycles. The third-order valence-corrected chi connectivity index (χ3v) is 4.26. The number of H-pyrrole nitrogens is 1. The molecule has 0 atom stereocenters. The smallest absolute Gasteiger partial charge is 0.165 e. The van der Waals surface area contributed by atoms with Crippen molar-refractivity contribution >= 4 is 16.9 Å². The summed E-state index contributed by atoms with van der Waals surface area (Å²) in [6.45, 7) is 4.56. The van der Waals surface area contributed by atoms with Gasteiger partial charge in [0.1, 0.15) is 11.6 Å². The Kier molecular flexibility index (Phi) is 3.68. The molecule has 4 aromatic rings. The average Bonchev–Trinajstić information content (AvgIpc) is 3.13. The van der Waals surface area contributed by atoms with Crippen LogP contribution in [0.1, 0.15) is 17.2 Å². The van der Waals surface area contributed by atoms with Gasteiger partial charge in [-0.15, -0.1) is 0 Å². The highest BCUT2D eigenvalue weighted by Crippen LogP contribution is 2.24. The summed E-state index contributed by atoms with van der Waals surface area (Å²) in [6, 6.07) is 9.84. The summed E-state index contributed by atoms with van der Waals surface area (Å²) >= 11 is 0. The van der Waals surface area contributed by atoms with Crippen molar-refractivity contribution in [2.75, 3.05) is 5.32 Å². The Morgan fingerprint density at radius 3 is 2.72 bits per heavy atom. The van der Waals surface area contributed by atoms with Gasteiger partial charge in [0.25, 0.3) is 0 Å². The summed E-state index contributed by atoms with van der Waals surface area (Å²) in [6.07, 6.45) is 1.76. The van der Waals surface area contributed by atoms with Crippen molar-refractivity contribution in [3.8, 4) is 11.4 Å². The van der Waals surface area contributed by atoms with Crippen LogP contribution in [0.5, 0.6) is 0 Å². The van der Waals surface area contributed by atoms with E-state index >= 15 is 0 Å². The Morgan fingerprint density at radius 2 is 1.96 bits per heavy atom. The van der Waals surface area contributed by atoms with Gasteiger partial charge < -0.3 is 10.3 Å². The molecule has 0 fully saturated rings. The van der Waals surface area contributed by atoms with Crippen LogP contribution >= 0.6 is 0 Å². The fraction of sp³-hybridized carbons (Fsp3) is 0.222. The maximum atomic E-state index is 4.63. The van der Waals surface area contributed by atoms with Gasteiger partial charge in [-0.3, -0.25) is 4.68 Å². The second kappa shape index (κ2) is 6.01. The summed E-state index contributed by atoms with van der Waals surface area (Å²) < 4.78 is 1.85. The Morgan fingerprint density at radius 1 is 1.12 bits per heavy atom. The van der Waals surface area contributed by atoms with E-state index in [1.165, 1.54) is 0 Å². The lowest BCUT2D eigenvalue weighted by Gasteiger charge is -2.06. The Bertz CT molecular complexity index is 1010. The van der Waals surface area contributed by atoms with Gasteiger partial charge in [-0.25, -0.2) is 15.0 Å². The Balaban J connectivity index is 1.57. The van der Waals surface area contributed by atoms with Crippen molar-refractivity contribution in [1.29, 1.82) is 0 Å². The number of aromatic amines is 1. The molecule has 7 heteroatoms. The summed E-state index contributed by atoms with van der Waals surface area (Å²) in [5.74, 6) is 2.31. The maximum Gasteiger partial charge on any atom is 0.165 e. The van der Waals surface area contributed by atoms with Crippen LogP contribution in [0.25, 0.3) is 22.4 Å². The molecule has 3 heterocycles. The number of para-hydroxylation sites is 2. The van der Waals surface area contributed by atoms with E-state index in [-0.39, 0.29) is 0 Å². The van der Waals surface area contributed by atoms with Gasteiger partial charge in [-0.1, -0.05) is 12.1 Å². The number of anilines is 1. The predicted octanol–water partition coefficient (Wildman–Crippen LogP) is 2.98. The first kappa shape index (κ1) is 15.3. The minimum absolute atomic E-state index is 0.566. The van der Waals surface area contributed by atoms with Crippen molar-refractivity contribution in [3.63, 3.8) is 0 Å². The fourth-order valence-corrected chi connectivity index (χ4v) is 2.94. The van der Waals surface area contributed by atoms with Gasteiger partial charge in [0.15, 0.2) is 5.82 Å². The van der Waals surface area contributed by atoms with Crippen LogP contribution in [0.2, 0.25) is 0 Å². The second-order valence-electron chi connectivity index (χ2n) is 5.99. The Labute approximate surface area is 145 Å². The van der Waals surface area contributed by atoms with Crippen LogP contribution in [0.4, 0.5) is 5.82 Å². The normalized spacial score (nSPS) is 11.2. The summed E-state index contributed by atoms with van der Waals surface area (Å²) in [7, 11) is 1.93. The zero-order valence-corrected chi connectivity index (χ0v) is 14.4. The molecule has 0 bridgehead atoms. The maximum absolute atomic E-state index is 4.63. The molecular weight excluding hydrogens is 314 g/mol. The molecule has 126 valence electrons. The van der Waals surface area contributed by atoms with E-state index in [1.54, 1.807) is 6.20 Å². The predicted molar refractivity (Wildman–Crippen MR) is 97.1 cm³/mol. The van der Waals surface area contributed by atoms with E-state index in [2.05, 4.69) is 30.4 Å². The average molecular weight is 333 g/mol. The summed E-state index contributed by atoms with van der Waals surface area (Å²) in [4.78, 5) is 16.9. The first-order chi connectivity index (χ1) is 12.1. The highest BCUT2D eigenvalue weighted by atomic mass is 15.3. The molecule has 0 spiro atoms. The minimum Gasteiger partial charge on any atom is -0.363 e. The summed E-state index contributed by atoms with van der Waals surface area (Å²) in [5, 5.41) is 7.74. The topological polar surface area (TPSA) is 84.3 Å². The van der Waals surface area contributed by atoms with Gasteiger partial charge in [0, 0.05) is 18.9 Å². The van der Waals surface area contributed by atoms with Crippen LogP contribution in [0.15, 0.2) is 36.5 Å². The van der Waals surface area contributed by atoms with Gasteiger partial charge in [-0.05, 0) is 32.0 Å². The lowest BCUT2D eigenvalue weighted by Crippen LogP contribution is -2.04. The van der Waals surface area contributed by atoms with E-state index in [0.717, 1.165) is 39.6 Å². The molecule has 1 aromatic carbocycles. The third-order valence-electron chi connectivity index (χ3n) is 4.26. The van der Waals surface area contributed by atoms with Crippen LogP contribution in [0.3, 0.4) is 0 Å². The van der Waals surface area contributed by atoms with Crippen LogP contribution in [-0.2, 0) is 13.6 Å². The van der Waals surface area contributed by atoms with Gasteiger partial charge in [-0.2, -0.15) is 5.10 Å². The molecule has 4 rings (SSSR count). The number of aromatic nitrogens is 6. The van der Waals surface area contributed by atoms with Crippen molar-refractivity contribution in [2.24, 2.45) is 7.05 Å². The molecule has 7 nitrogen and oxygen atoms in total. The highest BCUT2D eigenvalue weighted by Gasteiger charge is 2.14. The van der Waals surface area contributed by atoms with Crippen molar-refractivity contribution in [1.82, 2.24) is 29.7 Å². The third kappa shape index (κ3) is 2.84. The number of rotatable bonds is 4. The first-order valence-electron chi connectivity index (χ1n) is 8.13. The highest BCUT2D eigenvalue weighted by molar-refractivity contribution is 5.74. The number of nitrogens with one attached hydrogen (secondary N) is 2. The number of hydrogen-bond donors (Lipinski definition) is 2. The molecule has 0 unspecified atom stereocenters. The Hall–Kier alpha value is -3.22.